The molecular formula is C9H9ClN2O2. The number of halogens is 1. The van der Waals surface area contributed by atoms with Gasteiger partial charge in [0.25, 0.3) is 0 Å². The Hall–Kier alpha value is -1.68. The first-order valence-corrected chi connectivity index (χ1v) is 4.18. The molecule has 0 bridgehead atoms. The van der Waals surface area contributed by atoms with E-state index < -0.39 is 5.91 Å². The lowest BCUT2D eigenvalue weighted by Gasteiger charge is -2.01. The Bertz CT molecular complexity index is 357. The number of phenolic OH excluding ortho intramolecular Hbond substituents is 1. The van der Waals surface area contributed by atoms with Crippen LogP contribution in [0, 0.1) is 0 Å². The summed E-state index contributed by atoms with van der Waals surface area (Å²) in [5.74, 6) is -0.503. The van der Waals surface area contributed by atoms with Crippen molar-refractivity contribution in [3.05, 3.63) is 35.5 Å². The van der Waals surface area contributed by atoms with Crippen LogP contribution in [0.3, 0.4) is 0 Å². The van der Waals surface area contributed by atoms with Gasteiger partial charge in [0.1, 0.15) is 5.75 Å². The molecule has 14 heavy (non-hydrogen) atoms. The molecule has 0 radical (unpaired) electrons. The van der Waals surface area contributed by atoms with Crippen LogP contribution < -0.4 is 11.1 Å². The van der Waals surface area contributed by atoms with Crippen LogP contribution in [0.25, 0.3) is 0 Å². The van der Waals surface area contributed by atoms with Crippen molar-refractivity contribution in [2.75, 3.05) is 5.32 Å². The Kier molecular flexibility index (Phi) is 3.36. The van der Waals surface area contributed by atoms with E-state index in [1.165, 1.54) is 18.3 Å². The number of hydrogen-bond acceptors (Lipinski definition) is 3. The zero-order valence-corrected chi connectivity index (χ0v) is 7.95. The molecule has 74 valence electrons. The molecule has 1 rings (SSSR count). The summed E-state index contributed by atoms with van der Waals surface area (Å²) in [6.45, 7) is 0. The average molecular weight is 213 g/mol. The molecule has 0 aromatic heterocycles. The maximum Gasteiger partial charge on any atom is 0.242 e. The molecule has 4 N–H and O–H groups in total. The summed E-state index contributed by atoms with van der Waals surface area (Å²) in [5, 5.41) is 12.3. The fraction of sp³-hybridized carbons (Fsp3) is 0. The molecule has 4 nitrogen and oxygen atoms in total. The highest BCUT2D eigenvalue weighted by molar-refractivity contribution is 6.31. The van der Waals surface area contributed by atoms with Gasteiger partial charge in [-0.1, -0.05) is 11.6 Å². The maximum atomic E-state index is 10.3. The van der Waals surface area contributed by atoms with Gasteiger partial charge in [0.05, 0.1) is 0 Å². The number of amides is 1. The molecule has 0 spiro atoms. The number of primary amides is 1. The normalized spacial score (nSPS) is 10.4. The molecule has 0 aliphatic heterocycles. The van der Waals surface area contributed by atoms with Crippen LogP contribution in [0.15, 0.2) is 30.5 Å². The zero-order valence-electron chi connectivity index (χ0n) is 7.20. The number of aromatic hydroxyl groups is 1. The summed E-state index contributed by atoms with van der Waals surface area (Å²) in [7, 11) is 0. The summed E-state index contributed by atoms with van der Waals surface area (Å²) in [4.78, 5) is 10.3. The molecule has 1 amide bonds. The molecule has 0 aliphatic rings. The third-order valence-corrected chi connectivity index (χ3v) is 1.60. The number of benzene rings is 1. The molecule has 5 heteroatoms. The zero-order chi connectivity index (χ0) is 10.6. The van der Waals surface area contributed by atoms with Gasteiger partial charge in [-0.15, -0.1) is 0 Å². The number of carbonyl (C=O) groups is 1. The van der Waals surface area contributed by atoms with Crippen LogP contribution in [0.4, 0.5) is 5.69 Å². The Morgan fingerprint density at radius 3 is 2.79 bits per heavy atom. The van der Waals surface area contributed by atoms with Crippen molar-refractivity contribution in [1.82, 2.24) is 0 Å². The first-order valence-electron chi connectivity index (χ1n) is 3.80. The molecule has 1 aromatic rings. The Morgan fingerprint density at radius 2 is 2.21 bits per heavy atom. The van der Waals surface area contributed by atoms with Gasteiger partial charge in [-0.05, 0) is 12.1 Å². The van der Waals surface area contributed by atoms with E-state index in [4.69, 9.17) is 22.4 Å². The minimum Gasteiger partial charge on any atom is -0.508 e. The van der Waals surface area contributed by atoms with Gasteiger partial charge < -0.3 is 16.2 Å². The number of phenols is 1. The topological polar surface area (TPSA) is 75.4 Å². The highest BCUT2D eigenvalue weighted by Gasteiger charge is 1.95. The molecule has 0 fully saturated rings. The maximum absolute atomic E-state index is 10.3. The smallest absolute Gasteiger partial charge is 0.242 e. The van der Waals surface area contributed by atoms with Crippen molar-refractivity contribution >= 4 is 23.2 Å². The van der Waals surface area contributed by atoms with Gasteiger partial charge in [-0.3, -0.25) is 4.79 Å². The molecule has 1 aromatic carbocycles. The van der Waals surface area contributed by atoms with Crippen LogP contribution in [0.2, 0.25) is 5.02 Å². The van der Waals surface area contributed by atoms with Crippen LogP contribution >= 0.6 is 11.6 Å². The van der Waals surface area contributed by atoms with Gasteiger partial charge >= 0.3 is 0 Å². The van der Waals surface area contributed by atoms with E-state index >= 15 is 0 Å². The van der Waals surface area contributed by atoms with E-state index in [2.05, 4.69) is 5.32 Å². The van der Waals surface area contributed by atoms with E-state index in [1.807, 2.05) is 0 Å². The third-order valence-electron chi connectivity index (χ3n) is 1.38. The third kappa shape index (κ3) is 3.37. The van der Waals surface area contributed by atoms with Crippen molar-refractivity contribution in [3.63, 3.8) is 0 Å². The van der Waals surface area contributed by atoms with Gasteiger partial charge in [-0.25, -0.2) is 0 Å². The number of anilines is 1. The summed E-state index contributed by atoms with van der Waals surface area (Å²) in [6, 6.07) is 4.48. The van der Waals surface area contributed by atoms with Crippen LogP contribution in [-0.4, -0.2) is 11.0 Å². The fourth-order valence-corrected chi connectivity index (χ4v) is 1.11. The van der Waals surface area contributed by atoms with Crippen molar-refractivity contribution in [1.29, 1.82) is 0 Å². The molecule has 0 unspecified atom stereocenters. The first-order chi connectivity index (χ1) is 6.58. The van der Waals surface area contributed by atoms with Crippen LogP contribution in [-0.2, 0) is 4.79 Å². The summed E-state index contributed by atoms with van der Waals surface area (Å²) in [5.41, 5.74) is 5.45. The summed E-state index contributed by atoms with van der Waals surface area (Å²) in [6.07, 6.45) is 2.53. The number of rotatable bonds is 3. The van der Waals surface area contributed by atoms with E-state index in [0.717, 1.165) is 6.08 Å². The standard InChI is InChI=1S/C9H9ClN2O2/c10-6-3-7(5-8(13)4-6)12-2-1-9(11)14/h1-5,12-13H,(H2,11,14)/b2-1-. The minimum atomic E-state index is -0.552. The summed E-state index contributed by atoms with van der Waals surface area (Å²) >= 11 is 5.68. The van der Waals surface area contributed by atoms with Crippen molar-refractivity contribution in [2.45, 2.75) is 0 Å². The SMILES string of the molecule is NC(=O)/C=C\Nc1cc(O)cc(Cl)c1. The largest absolute Gasteiger partial charge is 0.508 e. The predicted molar refractivity (Wildman–Crippen MR) is 55.1 cm³/mol. The summed E-state index contributed by atoms with van der Waals surface area (Å²) < 4.78 is 0. The van der Waals surface area contributed by atoms with E-state index in [9.17, 15) is 4.79 Å². The van der Waals surface area contributed by atoms with Crippen LogP contribution in [0.5, 0.6) is 5.75 Å². The lowest BCUT2D eigenvalue weighted by Crippen LogP contribution is -2.06. The number of nitrogens with one attached hydrogen (secondary N) is 1. The lowest BCUT2D eigenvalue weighted by molar-refractivity contribution is -0.113. The quantitative estimate of drug-likeness (QED) is 0.664. The van der Waals surface area contributed by atoms with Crippen molar-refractivity contribution in [2.24, 2.45) is 5.73 Å². The number of nitrogens with two attached hydrogens (primary N) is 1. The van der Waals surface area contributed by atoms with Gasteiger partial charge in [-0.2, -0.15) is 0 Å². The first kappa shape index (κ1) is 10.4. The fourth-order valence-electron chi connectivity index (χ4n) is 0.878. The van der Waals surface area contributed by atoms with Crippen LogP contribution in [0.1, 0.15) is 0 Å². The monoisotopic (exact) mass is 212 g/mol. The average Bonchev–Trinajstić information content (AvgIpc) is 2.01. The molecule has 0 atom stereocenters. The Morgan fingerprint density at radius 1 is 1.50 bits per heavy atom. The van der Waals surface area contributed by atoms with Crippen molar-refractivity contribution in [3.8, 4) is 5.75 Å². The predicted octanol–water partition coefficient (Wildman–Crippen LogP) is 1.46. The van der Waals surface area contributed by atoms with E-state index in [1.54, 1.807) is 6.07 Å². The van der Waals surface area contributed by atoms with Gasteiger partial charge in [0, 0.05) is 29.1 Å². The highest BCUT2D eigenvalue weighted by atomic mass is 35.5. The lowest BCUT2D eigenvalue weighted by atomic mass is 10.3. The van der Waals surface area contributed by atoms with E-state index in [0.29, 0.717) is 10.7 Å². The second-order valence-corrected chi connectivity index (χ2v) is 3.01. The molecule has 0 heterocycles. The Labute approximate surface area is 86.0 Å². The van der Waals surface area contributed by atoms with Gasteiger partial charge in [0.2, 0.25) is 5.91 Å². The minimum absolute atomic E-state index is 0.0486. The van der Waals surface area contributed by atoms with E-state index in [-0.39, 0.29) is 5.75 Å². The Balaban J connectivity index is 2.72. The number of carbonyl (C=O) groups excluding carboxylic acids is 1. The molecular weight excluding hydrogens is 204 g/mol. The molecule has 0 saturated carbocycles. The molecule has 0 aliphatic carbocycles. The second kappa shape index (κ2) is 4.53. The highest BCUT2D eigenvalue weighted by Crippen LogP contribution is 2.22. The molecule has 0 saturated heterocycles. The second-order valence-electron chi connectivity index (χ2n) is 2.58. The number of hydrogen-bond donors (Lipinski definition) is 3. The van der Waals surface area contributed by atoms with Gasteiger partial charge in [0.15, 0.2) is 0 Å². The van der Waals surface area contributed by atoms with Crippen molar-refractivity contribution < 1.29 is 9.90 Å².